The summed E-state index contributed by atoms with van der Waals surface area (Å²) in [6.07, 6.45) is 4.17. The molecular weight excluding hydrogens is 208 g/mol. The molecule has 1 aliphatic heterocycles. The predicted octanol–water partition coefficient (Wildman–Crippen LogP) is 1.03. The maximum absolute atomic E-state index is 11.2. The number of hydrogen-bond donors (Lipinski definition) is 1. The molecule has 0 atom stereocenters. The Bertz CT molecular complexity index is 338. The Hall–Kier alpha value is -0.610. The minimum absolute atomic E-state index is 0.551. The van der Waals surface area contributed by atoms with Crippen LogP contribution in [0.15, 0.2) is 18.3 Å². The van der Waals surface area contributed by atoms with Crippen molar-refractivity contribution in [2.45, 2.75) is 25.4 Å². The van der Waals surface area contributed by atoms with Gasteiger partial charge in [-0.1, -0.05) is 0 Å². The van der Waals surface area contributed by atoms with Crippen molar-refractivity contribution in [3.63, 3.8) is 0 Å². The Balaban J connectivity index is 1.79. The topological polar surface area (TPSA) is 34.0 Å². The Morgan fingerprint density at radius 2 is 2.27 bits per heavy atom. The standard InChI is InChI=1S/C11H18N2OS/c1-13-6-2-3-11(13)9-12-10-4-7-15(14)8-5-10/h2-3,6,10,12H,4-5,7-9H2,1H3. The van der Waals surface area contributed by atoms with Crippen LogP contribution in [0.3, 0.4) is 0 Å². The van der Waals surface area contributed by atoms with Gasteiger partial charge in [0.2, 0.25) is 0 Å². The lowest BCUT2D eigenvalue weighted by atomic mass is 10.1. The molecule has 0 amide bonds. The SMILES string of the molecule is Cn1cccc1CNC1CCS(=O)CC1. The van der Waals surface area contributed by atoms with Crippen LogP contribution in [0.5, 0.6) is 0 Å². The second kappa shape index (κ2) is 4.94. The minimum Gasteiger partial charge on any atom is -0.353 e. The summed E-state index contributed by atoms with van der Waals surface area (Å²) < 4.78 is 13.3. The summed E-state index contributed by atoms with van der Waals surface area (Å²) in [6, 6.07) is 4.75. The third kappa shape index (κ3) is 2.92. The molecule has 1 fully saturated rings. The zero-order valence-electron chi connectivity index (χ0n) is 9.11. The summed E-state index contributed by atoms with van der Waals surface area (Å²) in [5, 5.41) is 3.53. The molecule has 1 aromatic rings. The van der Waals surface area contributed by atoms with E-state index in [0.717, 1.165) is 30.9 Å². The van der Waals surface area contributed by atoms with Crippen LogP contribution >= 0.6 is 0 Å². The van der Waals surface area contributed by atoms with E-state index in [2.05, 4.69) is 35.3 Å². The first kappa shape index (κ1) is 10.9. The summed E-state index contributed by atoms with van der Waals surface area (Å²) >= 11 is 0. The maximum atomic E-state index is 11.2. The van der Waals surface area contributed by atoms with Gasteiger partial charge in [-0.2, -0.15) is 0 Å². The first-order valence-corrected chi connectivity index (χ1v) is 6.93. The minimum atomic E-state index is -0.551. The van der Waals surface area contributed by atoms with Crippen LogP contribution in [0.4, 0.5) is 0 Å². The summed E-state index contributed by atoms with van der Waals surface area (Å²) in [6.45, 7) is 0.917. The second-order valence-corrected chi connectivity index (χ2v) is 5.81. The molecule has 1 saturated heterocycles. The molecule has 2 heterocycles. The number of nitrogens with zero attached hydrogens (tertiary/aromatic N) is 1. The Labute approximate surface area is 93.3 Å². The first-order valence-electron chi connectivity index (χ1n) is 5.44. The van der Waals surface area contributed by atoms with Crippen LogP contribution in [0, 0.1) is 0 Å². The van der Waals surface area contributed by atoms with E-state index in [1.807, 2.05) is 0 Å². The largest absolute Gasteiger partial charge is 0.353 e. The van der Waals surface area contributed by atoms with Gasteiger partial charge in [-0.05, 0) is 25.0 Å². The molecule has 0 aromatic carbocycles. The number of aromatic nitrogens is 1. The summed E-state index contributed by atoms with van der Waals surface area (Å²) in [7, 11) is 1.51. The molecule has 1 N–H and O–H groups in total. The average molecular weight is 226 g/mol. The van der Waals surface area contributed by atoms with Crippen molar-refractivity contribution in [1.29, 1.82) is 0 Å². The van der Waals surface area contributed by atoms with Gasteiger partial charge in [-0.3, -0.25) is 4.21 Å². The second-order valence-electron chi connectivity index (χ2n) is 4.11. The van der Waals surface area contributed by atoms with E-state index in [1.54, 1.807) is 0 Å². The average Bonchev–Trinajstić information content (AvgIpc) is 2.63. The maximum Gasteiger partial charge on any atom is 0.0361 e. The lowest BCUT2D eigenvalue weighted by Crippen LogP contribution is -2.35. The smallest absolute Gasteiger partial charge is 0.0361 e. The highest BCUT2D eigenvalue weighted by Gasteiger charge is 2.17. The molecule has 0 unspecified atom stereocenters. The third-order valence-electron chi connectivity index (χ3n) is 3.01. The number of hydrogen-bond acceptors (Lipinski definition) is 2. The van der Waals surface area contributed by atoms with Crippen molar-refractivity contribution in [2.24, 2.45) is 7.05 Å². The van der Waals surface area contributed by atoms with Crippen LogP contribution in [0.2, 0.25) is 0 Å². The van der Waals surface area contributed by atoms with E-state index in [9.17, 15) is 4.21 Å². The van der Waals surface area contributed by atoms with E-state index in [1.165, 1.54) is 5.69 Å². The molecule has 0 radical (unpaired) electrons. The normalized spacial score (nSPS) is 26.7. The molecular formula is C11H18N2OS. The molecule has 0 aliphatic carbocycles. The number of aryl methyl sites for hydroxylation is 1. The summed E-state index contributed by atoms with van der Waals surface area (Å²) in [4.78, 5) is 0. The summed E-state index contributed by atoms with van der Waals surface area (Å²) in [5.74, 6) is 1.73. The first-order chi connectivity index (χ1) is 7.25. The van der Waals surface area contributed by atoms with Crippen LogP contribution < -0.4 is 5.32 Å². The van der Waals surface area contributed by atoms with Gasteiger partial charge in [0.05, 0.1) is 0 Å². The fourth-order valence-corrected chi connectivity index (χ4v) is 3.23. The third-order valence-corrected chi connectivity index (χ3v) is 4.39. The molecule has 84 valence electrons. The van der Waals surface area contributed by atoms with Crippen molar-refractivity contribution in [3.05, 3.63) is 24.0 Å². The molecule has 0 spiro atoms. The summed E-state index contributed by atoms with van der Waals surface area (Å²) in [5.41, 5.74) is 1.31. The van der Waals surface area contributed by atoms with Gasteiger partial charge in [-0.25, -0.2) is 0 Å². The Kier molecular flexibility index (Phi) is 3.59. The number of nitrogens with one attached hydrogen (secondary N) is 1. The number of rotatable bonds is 3. The molecule has 2 rings (SSSR count). The quantitative estimate of drug-likeness (QED) is 0.835. The van der Waals surface area contributed by atoms with Gasteiger partial charge in [0, 0.05) is 53.8 Å². The van der Waals surface area contributed by atoms with Gasteiger partial charge in [0.1, 0.15) is 0 Å². The van der Waals surface area contributed by atoms with Crippen LogP contribution in [-0.4, -0.2) is 26.3 Å². The van der Waals surface area contributed by atoms with E-state index >= 15 is 0 Å². The fraction of sp³-hybridized carbons (Fsp3) is 0.636. The van der Waals surface area contributed by atoms with Crippen LogP contribution in [-0.2, 0) is 24.4 Å². The predicted molar refractivity (Wildman–Crippen MR) is 63.2 cm³/mol. The molecule has 15 heavy (non-hydrogen) atoms. The molecule has 0 saturated carbocycles. The van der Waals surface area contributed by atoms with Gasteiger partial charge in [0.25, 0.3) is 0 Å². The fourth-order valence-electron chi connectivity index (χ4n) is 1.93. The van der Waals surface area contributed by atoms with Crippen molar-refractivity contribution >= 4 is 10.8 Å². The van der Waals surface area contributed by atoms with Crippen molar-refractivity contribution in [2.75, 3.05) is 11.5 Å². The zero-order valence-corrected chi connectivity index (χ0v) is 9.93. The Morgan fingerprint density at radius 1 is 1.53 bits per heavy atom. The molecule has 3 nitrogen and oxygen atoms in total. The molecule has 1 aliphatic rings. The molecule has 4 heteroatoms. The van der Waals surface area contributed by atoms with Gasteiger partial charge in [-0.15, -0.1) is 0 Å². The van der Waals surface area contributed by atoms with Gasteiger partial charge in [0.15, 0.2) is 0 Å². The van der Waals surface area contributed by atoms with Crippen molar-refractivity contribution in [1.82, 2.24) is 9.88 Å². The van der Waals surface area contributed by atoms with E-state index in [4.69, 9.17) is 0 Å². The highest BCUT2D eigenvalue weighted by molar-refractivity contribution is 7.85. The highest BCUT2D eigenvalue weighted by Crippen LogP contribution is 2.10. The zero-order chi connectivity index (χ0) is 10.7. The van der Waals surface area contributed by atoms with Crippen molar-refractivity contribution < 1.29 is 4.21 Å². The van der Waals surface area contributed by atoms with E-state index in [-0.39, 0.29) is 0 Å². The molecule has 0 bridgehead atoms. The van der Waals surface area contributed by atoms with Crippen LogP contribution in [0.1, 0.15) is 18.5 Å². The van der Waals surface area contributed by atoms with Gasteiger partial charge < -0.3 is 9.88 Å². The van der Waals surface area contributed by atoms with E-state index < -0.39 is 10.8 Å². The van der Waals surface area contributed by atoms with Gasteiger partial charge >= 0.3 is 0 Å². The van der Waals surface area contributed by atoms with Crippen LogP contribution in [0.25, 0.3) is 0 Å². The monoisotopic (exact) mass is 226 g/mol. The lowest BCUT2D eigenvalue weighted by molar-refractivity contribution is 0.468. The van der Waals surface area contributed by atoms with Crippen molar-refractivity contribution in [3.8, 4) is 0 Å². The highest BCUT2D eigenvalue weighted by atomic mass is 32.2. The van der Waals surface area contributed by atoms with E-state index in [0.29, 0.717) is 6.04 Å². The molecule has 1 aromatic heterocycles. The Morgan fingerprint density at radius 3 is 2.87 bits per heavy atom. The lowest BCUT2D eigenvalue weighted by Gasteiger charge is -2.22.